The van der Waals surface area contributed by atoms with Crippen LogP contribution >= 0.6 is 0 Å². The molecule has 1 aliphatic heterocycles. The van der Waals surface area contributed by atoms with Crippen molar-refractivity contribution in [3.8, 4) is 0 Å². The second-order valence-corrected chi connectivity index (χ2v) is 4.34. The number of hydrogen-bond acceptors (Lipinski definition) is 2. The fourth-order valence-electron chi connectivity index (χ4n) is 2.06. The van der Waals surface area contributed by atoms with Crippen LogP contribution in [0, 0.1) is 0 Å². The number of carbonyl (C=O) groups excluding carboxylic acids is 1. The fourth-order valence-corrected chi connectivity index (χ4v) is 2.06. The number of nitrogens with zero attached hydrogens (tertiary/aromatic N) is 2. The Morgan fingerprint density at radius 3 is 2.56 bits per heavy atom. The minimum Gasteiger partial charge on any atom is -0.481 e. The molecule has 0 aliphatic carbocycles. The number of rotatable bonds is 3. The molecule has 1 rings (SSSR count). The predicted molar refractivity (Wildman–Crippen MR) is 56.1 cm³/mol. The molecule has 0 spiro atoms. The number of carbonyl (C=O) groups is 2. The first-order valence-corrected chi connectivity index (χ1v) is 5.51. The van der Waals surface area contributed by atoms with Gasteiger partial charge in [-0.1, -0.05) is 0 Å². The van der Waals surface area contributed by atoms with E-state index >= 15 is 0 Å². The minimum absolute atomic E-state index is 0.231. The van der Waals surface area contributed by atoms with Crippen molar-refractivity contribution < 1.29 is 27.9 Å². The average Bonchev–Trinajstić information content (AvgIpc) is 2.60. The number of amides is 2. The van der Waals surface area contributed by atoms with Gasteiger partial charge in [-0.25, -0.2) is 4.79 Å². The van der Waals surface area contributed by atoms with E-state index in [9.17, 15) is 22.8 Å². The Kier molecular flexibility index (Phi) is 4.42. The molecule has 1 unspecified atom stereocenters. The monoisotopic (exact) mass is 268 g/mol. The van der Waals surface area contributed by atoms with E-state index in [1.54, 1.807) is 0 Å². The van der Waals surface area contributed by atoms with Gasteiger partial charge in [0.25, 0.3) is 0 Å². The predicted octanol–water partition coefficient (Wildman–Crippen LogP) is 1.54. The molecule has 1 fully saturated rings. The normalized spacial score (nSPS) is 20.0. The van der Waals surface area contributed by atoms with Gasteiger partial charge >= 0.3 is 18.2 Å². The zero-order valence-electron chi connectivity index (χ0n) is 9.90. The van der Waals surface area contributed by atoms with Crippen LogP contribution in [0.3, 0.4) is 0 Å². The largest absolute Gasteiger partial charge is 0.481 e. The smallest absolute Gasteiger partial charge is 0.406 e. The number of halogens is 3. The Labute approximate surface area is 102 Å². The van der Waals surface area contributed by atoms with E-state index in [4.69, 9.17) is 5.11 Å². The van der Waals surface area contributed by atoms with E-state index in [1.165, 1.54) is 4.90 Å². The third-order valence-electron chi connectivity index (χ3n) is 2.78. The van der Waals surface area contributed by atoms with Crippen molar-refractivity contribution in [2.45, 2.75) is 31.5 Å². The summed E-state index contributed by atoms with van der Waals surface area (Å²) in [5.41, 5.74) is 0. The summed E-state index contributed by atoms with van der Waals surface area (Å²) in [4.78, 5) is 24.1. The molecule has 104 valence electrons. The zero-order chi connectivity index (χ0) is 13.9. The van der Waals surface area contributed by atoms with Gasteiger partial charge < -0.3 is 14.9 Å². The molecule has 1 saturated heterocycles. The molecular weight excluding hydrogens is 253 g/mol. The molecule has 5 nitrogen and oxygen atoms in total. The number of carboxylic acid groups (broad SMARTS) is 1. The van der Waals surface area contributed by atoms with Crippen LogP contribution in [0.25, 0.3) is 0 Å². The van der Waals surface area contributed by atoms with Crippen molar-refractivity contribution in [3.63, 3.8) is 0 Å². The Morgan fingerprint density at radius 2 is 2.06 bits per heavy atom. The lowest BCUT2D eigenvalue weighted by Crippen LogP contribution is -2.47. The highest BCUT2D eigenvalue weighted by molar-refractivity contribution is 5.76. The summed E-state index contributed by atoms with van der Waals surface area (Å²) in [7, 11) is 1.06. The molecule has 0 radical (unpaired) electrons. The van der Waals surface area contributed by atoms with Gasteiger partial charge in [0.1, 0.15) is 6.54 Å². The van der Waals surface area contributed by atoms with Crippen LogP contribution in [-0.2, 0) is 4.79 Å². The Morgan fingerprint density at radius 1 is 1.44 bits per heavy atom. The van der Waals surface area contributed by atoms with Crippen molar-refractivity contribution in [1.29, 1.82) is 0 Å². The maximum Gasteiger partial charge on any atom is 0.406 e. The molecule has 2 amide bonds. The van der Waals surface area contributed by atoms with E-state index in [2.05, 4.69) is 0 Å². The van der Waals surface area contributed by atoms with Crippen LogP contribution in [0.4, 0.5) is 18.0 Å². The third-order valence-corrected chi connectivity index (χ3v) is 2.78. The van der Waals surface area contributed by atoms with Gasteiger partial charge in [0.05, 0.1) is 6.42 Å². The van der Waals surface area contributed by atoms with Gasteiger partial charge in [-0.2, -0.15) is 13.2 Å². The molecule has 0 saturated carbocycles. The summed E-state index contributed by atoms with van der Waals surface area (Å²) >= 11 is 0. The third kappa shape index (κ3) is 4.08. The number of urea groups is 1. The summed E-state index contributed by atoms with van der Waals surface area (Å²) < 4.78 is 36.5. The van der Waals surface area contributed by atoms with E-state index in [0.29, 0.717) is 24.3 Å². The number of alkyl halides is 3. The SMILES string of the molecule is CN(CC(F)(F)F)C(=O)N1CCCC1CC(=O)O. The summed E-state index contributed by atoms with van der Waals surface area (Å²) in [5, 5.41) is 8.67. The first-order chi connectivity index (χ1) is 8.20. The van der Waals surface area contributed by atoms with Crippen molar-refractivity contribution in [3.05, 3.63) is 0 Å². The van der Waals surface area contributed by atoms with Crippen molar-refractivity contribution in [1.82, 2.24) is 9.80 Å². The highest BCUT2D eigenvalue weighted by Crippen LogP contribution is 2.23. The molecule has 1 heterocycles. The molecular formula is C10H15F3N2O3. The average molecular weight is 268 g/mol. The molecule has 0 aromatic heterocycles. The molecule has 1 atom stereocenters. The van der Waals surface area contributed by atoms with Gasteiger partial charge in [0.15, 0.2) is 0 Å². The lowest BCUT2D eigenvalue weighted by atomic mass is 10.1. The highest BCUT2D eigenvalue weighted by atomic mass is 19.4. The lowest BCUT2D eigenvalue weighted by Gasteiger charge is -2.29. The van der Waals surface area contributed by atoms with Crippen molar-refractivity contribution >= 4 is 12.0 Å². The Hall–Kier alpha value is -1.47. The molecule has 1 aliphatic rings. The van der Waals surface area contributed by atoms with Crippen molar-refractivity contribution in [2.75, 3.05) is 20.1 Å². The van der Waals surface area contributed by atoms with E-state index in [-0.39, 0.29) is 6.42 Å². The fraction of sp³-hybridized carbons (Fsp3) is 0.800. The van der Waals surface area contributed by atoms with Gasteiger partial charge in [0, 0.05) is 19.6 Å². The number of likely N-dealkylation sites (tertiary alicyclic amines) is 1. The van der Waals surface area contributed by atoms with Crippen LogP contribution in [0.2, 0.25) is 0 Å². The standard InChI is InChI=1S/C10H15F3N2O3/c1-14(6-10(11,12)13)9(18)15-4-2-3-7(15)5-8(16)17/h7H,2-6H2,1H3,(H,16,17). The van der Waals surface area contributed by atoms with Crippen LogP contribution in [0.1, 0.15) is 19.3 Å². The molecule has 1 N–H and O–H groups in total. The van der Waals surface area contributed by atoms with Crippen LogP contribution in [-0.4, -0.2) is 59.3 Å². The number of aliphatic carboxylic acids is 1. The van der Waals surface area contributed by atoms with E-state index < -0.39 is 30.8 Å². The zero-order valence-corrected chi connectivity index (χ0v) is 9.90. The quantitative estimate of drug-likeness (QED) is 0.844. The highest BCUT2D eigenvalue weighted by Gasteiger charge is 2.36. The minimum atomic E-state index is -4.45. The van der Waals surface area contributed by atoms with Crippen LogP contribution in [0.5, 0.6) is 0 Å². The summed E-state index contributed by atoms with van der Waals surface area (Å²) in [5.74, 6) is -1.06. The number of hydrogen-bond donors (Lipinski definition) is 1. The molecule has 8 heteroatoms. The summed E-state index contributed by atoms with van der Waals surface area (Å²) in [6.45, 7) is -1.03. The van der Waals surface area contributed by atoms with E-state index in [1.807, 2.05) is 0 Å². The molecule has 0 bridgehead atoms. The first-order valence-electron chi connectivity index (χ1n) is 5.51. The van der Waals surface area contributed by atoms with Gasteiger partial charge in [-0.05, 0) is 12.8 Å². The lowest BCUT2D eigenvalue weighted by molar-refractivity contribution is -0.140. The van der Waals surface area contributed by atoms with Gasteiger partial charge in [0.2, 0.25) is 0 Å². The molecule has 0 aromatic rings. The topological polar surface area (TPSA) is 60.9 Å². The second kappa shape index (κ2) is 5.45. The van der Waals surface area contributed by atoms with Gasteiger partial charge in [-0.3, -0.25) is 4.79 Å². The number of carboxylic acids is 1. The molecule has 0 aromatic carbocycles. The van der Waals surface area contributed by atoms with Crippen molar-refractivity contribution in [2.24, 2.45) is 0 Å². The Bertz CT molecular complexity index is 333. The van der Waals surface area contributed by atoms with Crippen LogP contribution < -0.4 is 0 Å². The van der Waals surface area contributed by atoms with Crippen LogP contribution in [0.15, 0.2) is 0 Å². The second-order valence-electron chi connectivity index (χ2n) is 4.34. The molecule has 18 heavy (non-hydrogen) atoms. The van der Waals surface area contributed by atoms with E-state index in [0.717, 1.165) is 7.05 Å². The van der Waals surface area contributed by atoms with Gasteiger partial charge in [-0.15, -0.1) is 0 Å². The maximum atomic E-state index is 12.2. The summed E-state index contributed by atoms with van der Waals surface area (Å²) in [6, 6.07) is -1.28. The summed E-state index contributed by atoms with van der Waals surface area (Å²) in [6.07, 6.45) is -3.56. The first kappa shape index (κ1) is 14.6. The maximum absolute atomic E-state index is 12.2. The Balaban J connectivity index is 2.62.